The number of anilines is 1. The van der Waals surface area contributed by atoms with Gasteiger partial charge in [0.2, 0.25) is 0 Å². The monoisotopic (exact) mass is 318 g/mol. The quantitative estimate of drug-likeness (QED) is 0.628. The number of benzene rings is 1. The molecule has 1 aromatic rings. The van der Waals surface area contributed by atoms with Crippen molar-refractivity contribution in [2.75, 3.05) is 24.5 Å². The highest BCUT2D eigenvalue weighted by Gasteiger charge is 2.30. The second kappa shape index (κ2) is 6.20. The van der Waals surface area contributed by atoms with Crippen LogP contribution in [0, 0.1) is 0 Å². The lowest BCUT2D eigenvalue weighted by Gasteiger charge is -2.17. The van der Waals surface area contributed by atoms with E-state index in [0.717, 1.165) is 23.6 Å². The van der Waals surface area contributed by atoms with E-state index in [2.05, 4.69) is 29.2 Å². The predicted octanol–water partition coefficient (Wildman–Crippen LogP) is 3.51. The second-order valence-electron chi connectivity index (χ2n) is 5.21. The number of carbonyl (C=O) groups excluding carboxylic acids is 1. The molecule has 0 saturated carbocycles. The van der Waals surface area contributed by atoms with E-state index in [9.17, 15) is 4.79 Å². The van der Waals surface area contributed by atoms with Gasteiger partial charge < -0.3 is 4.90 Å². The molecule has 0 atom stereocenters. The van der Waals surface area contributed by atoms with Gasteiger partial charge in [0.1, 0.15) is 4.32 Å². The average Bonchev–Trinajstić information content (AvgIpc) is 3.10. The Morgan fingerprint density at radius 1 is 1.24 bits per heavy atom. The minimum Gasteiger partial charge on any atom is -0.372 e. The van der Waals surface area contributed by atoms with Gasteiger partial charge >= 0.3 is 0 Å². The van der Waals surface area contributed by atoms with Crippen LogP contribution in [0.25, 0.3) is 6.08 Å². The van der Waals surface area contributed by atoms with Gasteiger partial charge in [-0.15, -0.1) is 0 Å². The average molecular weight is 318 g/mol. The maximum atomic E-state index is 12.2. The van der Waals surface area contributed by atoms with Crippen LogP contribution < -0.4 is 4.90 Å². The van der Waals surface area contributed by atoms with Gasteiger partial charge in [-0.1, -0.05) is 36.1 Å². The molecule has 2 saturated heterocycles. The molecule has 0 N–H and O–H groups in total. The largest absolute Gasteiger partial charge is 0.372 e. The molecular formula is C16H18N2OS2. The lowest BCUT2D eigenvalue weighted by molar-refractivity contribution is -0.121. The molecule has 0 bridgehead atoms. The van der Waals surface area contributed by atoms with Gasteiger partial charge in [0.05, 0.1) is 4.91 Å². The van der Waals surface area contributed by atoms with Crippen LogP contribution in [0.3, 0.4) is 0 Å². The number of rotatable bonds is 3. The van der Waals surface area contributed by atoms with Crippen molar-refractivity contribution in [1.29, 1.82) is 0 Å². The van der Waals surface area contributed by atoms with Crippen LogP contribution in [0.1, 0.15) is 25.3 Å². The summed E-state index contributed by atoms with van der Waals surface area (Å²) in [6.45, 7) is 4.87. The smallest absolute Gasteiger partial charge is 0.266 e. The molecule has 3 rings (SSSR count). The van der Waals surface area contributed by atoms with Crippen molar-refractivity contribution >= 4 is 46.0 Å². The van der Waals surface area contributed by atoms with Gasteiger partial charge in [0, 0.05) is 25.3 Å². The third kappa shape index (κ3) is 2.99. The minimum absolute atomic E-state index is 0.0242. The number of nitrogens with zero attached hydrogens (tertiary/aromatic N) is 2. The molecular weight excluding hydrogens is 300 g/mol. The van der Waals surface area contributed by atoms with Crippen LogP contribution in [-0.4, -0.2) is 34.8 Å². The van der Waals surface area contributed by atoms with Crippen molar-refractivity contribution in [3.63, 3.8) is 0 Å². The molecule has 0 unspecified atom stereocenters. The second-order valence-corrected chi connectivity index (χ2v) is 6.89. The van der Waals surface area contributed by atoms with Crippen LogP contribution in [0.15, 0.2) is 29.2 Å². The lowest BCUT2D eigenvalue weighted by atomic mass is 10.2. The Kier molecular flexibility index (Phi) is 4.31. The number of thiocarbonyl (C=S) groups is 1. The van der Waals surface area contributed by atoms with Gasteiger partial charge in [-0.2, -0.15) is 0 Å². The highest BCUT2D eigenvalue weighted by atomic mass is 32.2. The zero-order valence-electron chi connectivity index (χ0n) is 12.0. The Labute approximate surface area is 135 Å². The van der Waals surface area contributed by atoms with Crippen LogP contribution in [0.4, 0.5) is 5.69 Å². The van der Waals surface area contributed by atoms with Crippen molar-refractivity contribution in [1.82, 2.24) is 4.90 Å². The summed E-state index contributed by atoms with van der Waals surface area (Å²) < 4.78 is 0.655. The van der Waals surface area contributed by atoms with Crippen LogP contribution >= 0.6 is 24.0 Å². The fraction of sp³-hybridized carbons (Fsp3) is 0.375. The first-order valence-electron chi connectivity index (χ1n) is 7.29. The van der Waals surface area contributed by atoms with E-state index in [-0.39, 0.29) is 5.91 Å². The lowest BCUT2D eigenvalue weighted by Crippen LogP contribution is -2.27. The van der Waals surface area contributed by atoms with E-state index in [0.29, 0.717) is 10.9 Å². The third-order valence-corrected chi connectivity index (χ3v) is 5.23. The molecule has 0 aromatic heterocycles. The van der Waals surface area contributed by atoms with Crippen molar-refractivity contribution in [2.24, 2.45) is 0 Å². The van der Waals surface area contributed by atoms with E-state index in [4.69, 9.17) is 12.2 Å². The molecule has 0 radical (unpaired) electrons. The van der Waals surface area contributed by atoms with Crippen LogP contribution in [-0.2, 0) is 4.79 Å². The summed E-state index contributed by atoms with van der Waals surface area (Å²) in [6, 6.07) is 8.42. The molecule has 110 valence electrons. The normalized spacial score (nSPS) is 20.9. The fourth-order valence-electron chi connectivity index (χ4n) is 2.68. The fourth-order valence-corrected chi connectivity index (χ4v) is 4.06. The Balaban J connectivity index is 1.77. The summed E-state index contributed by atoms with van der Waals surface area (Å²) in [4.78, 5) is 16.9. The van der Waals surface area contributed by atoms with Gasteiger partial charge in [-0.05, 0) is 43.5 Å². The molecule has 1 amide bonds. The van der Waals surface area contributed by atoms with Gasteiger partial charge in [-0.3, -0.25) is 9.69 Å². The van der Waals surface area contributed by atoms with Gasteiger partial charge in [-0.25, -0.2) is 0 Å². The minimum atomic E-state index is 0.0242. The van der Waals surface area contributed by atoms with Gasteiger partial charge in [0.25, 0.3) is 5.91 Å². The first kappa shape index (κ1) is 14.6. The zero-order chi connectivity index (χ0) is 14.8. The summed E-state index contributed by atoms with van der Waals surface area (Å²) in [7, 11) is 0. The molecule has 0 spiro atoms. The van der Waals surface area contributed by atoms with E-state index < -0.39 is 0 Å². The van der Waals surface area contributed by atoms with Crippen LogP contribution in [0.2, 0.25) is 0 Å². The highest BCUT2D eigenvalue weighted by Crippen LogP contribution is 2.32. The van der Waals surface area contributed by atoms with Crippen molar-refractivity contribution in [2.45, 2.75) is 19.8 Å². The first-order chi connectivity index (χ1) is 10.2. The third-order valence-electron chi connectivity index (χ3n) is 3.85. The first-order valence-corrected chi connectivity index (χ1v) is 8.52. The molecule has 21 heavy (non-hydrogen) atoms. The standard InChI is InChI=1S/C16H18N2OS2/c1-2-18-15(19)14(21-16(18)20)11-12-5-7-13(8-6-12)17-9-3-4-10-17/h5-8,11H,2-4,9-10H2,1H3/b14-11-. The van der Waals surface area contributed by atoms with E-state index in [1.165, 1.54) is 30.3 Å². The molecule has 2 heterocycles. The van der Waals surface area contributed by atoms with Crippen molar-refractivity contribution in [3.05, 3.63) is 34.7 Å². The summed E-state index contributed by atoms with van der Waals surface area (Å²) in [5.74, 6) is 0.0242. The summed E-state index contributed by atoms with van der Waals surface area (Å²) in [5, 5.41) is 0. The molecule has 2 aliphatic rings. The number of likely N-dealkylation sites (N-methyl/N-ethyl adjacent to an activating group) is 1. The molecule has 3 nitrogen and oxygen atoms in total. The van der Waals surface area contributed by atoms with Crippen LogP contribution in [0.5, 0.6) is 0 Å². The number of amides is 1. The Morgan fingerprint density at radius 3 is 2.48 bits per heavy atom. The number of hydrogen-bond acceptors (Lipinski definition) is 4. The Morgan fingerprint density at radius 2 is 1.90 bits per heavy atom. The highest BCUT2D eigenvalue weighted by molar-refractivity contribution is 8.26. The molecule has 1 aromatic carbocycles. The molecule has 2 aliphatic heterocycles. The van der Waals surface area contributed by atoms with E-state index in [1.807, 2.05) is 13.0 Å². The Hall–Kier alpha value is -1.33. The van der Waals surface area contributed by atoms with Gasteiger partial charge in [0.15, 0.2) is 0 Å². The van der Waals surface area contributed by atoms with Crippen molar-refractivity contribution < 1.29 is 4.79 Å². The number of hydrogen-bond donors (Lipinski definition) is 0. The van der Waals surface area contributed by atoms with Crippen molar-refractivity contribution in [3.8, 4) is 0 Å². The molecule has 0 aliphatic carbocycles. The SMILES string of the molecule is CCN1C(=O)/C(=C/c2ccc(N3CCCC3)cc2)SC1=S. The summed E-state index contributed by atoms with van der Waals surface area (Å²) >= 11 is 6.61. The number of carbonyl (C=O) groups is 1. The summed E-state index contributed by atoms with van der Waals surface area (Å²) in [6.07, 6.45) is 4.49. The number of thioether (sulfide) groups is 1. The zero-order valence-corrected chi connectivity index (χ0v) is 13.7. The molecule has 5 heteroatoms. The maximum absolute atomic E-state index is 12.2. The van der Waals surface area contributed by atoms with E-state index in [1.54, 1.807) is 4.90 Å². The molecule has 2 fully saturated rings. The topological polar surface area (TPSA) is 23.6 Å². The predicted molar refractivity (Wildman–Crippen MR) is 93.4 cm³/mol. The maximum Gasteiger partial charge on any atom is 0.266 e. The summed E-state index contributed by atoms with van der Waals surface area (Å²) in [5.41, 5.74) is 2.32. The Bertz CT molecular complexity index is 589. The van der Waals surface area contributed by atoms with E-state index >= 15 is 0 Å².